The molecule has 2 heterocycles. The van der Waals surface area contributed by atoms with E-state index in [4.69, 9.17) is 5.10 Å². The van der Waals surface area contributed by atoms with Gasteiger partial charge in [-0.3, -0.25) is 9.69 Å². The Balaban J connectivity index is 0.000000850. The number of likely N-dealkylation sites (tertiary alicyclic amines) is 1. The van der Waals surface area contributed by atoms with Crippen molar-refractivity contribution in [1.29, 1.82) is 0 Å². The highest BCUT2D eigenvalue weighted by Gasteiger charge is 2.38. The topological polar surface area (TPSA) is 50.2 Å². The molecule has 1 atom stereocenters. The van der Waals surface area contributed by atoms with Crippen molar-refractivity contribution in [1.82, 2.24) is 20.0 Å². The standard InChI is InChI=1S/C31H46N4O.C5H12/c1-23(2)29(17-16-26-12-8-6-9-13-26)32-30(36)31(5)18-20-34(21-19-31)22-28-24(3)33-35(25(28)4)27-14-10-7-11-15-27;1-3-5-4-2/h7,10-11,14-15,26,29H,1,6,8-9,12-13,16-22H2,2-5H3,(H,32,36);3-5H2,1-2H3. The molecule has 1 unspecified atom stereocenters. The number of carbonyl (C=O) groups excluding carboxylic acids is 1. The van der Waals surface area contributed by atoms with Crippen molar-refractivity contribution < 1.29 is 4.79 Å². The maximum absolute atomic E-state index is 13.4. The fourth-order valence-electron chi connectivity index (χ4n) is 6.39. The number of hydrogen-bond donors (Lipinski definition) is 1. The van der Waals surface area contributed by atoms with Crippen LogP contribution in [0.1, 0.15) is 122 Å². The maximum Gasteiger partial charge on any atom is 0.226 e. The molecule has 228 valence electrons. The highest BCUT2D eigenvalue weighted by Crippen LogP contribution is 2.34. The third kappa shape index (κ3) is 9.56. The van der Waals surface area contributed by atoms with E-state index >= 15 is 0 Å². The average molecular weight is 563 g/mol. The van der Waals surface area contributed by atoms with Gasteiger partial charge in [0.15, 0.2) is 0 Å². The second kappa shape index (κ2) is 16.3. The van der Waals surface area contributed by atoms with Gasteiger partial charge in [0.25, 0.3) is 0 Å². The molecule has 1 aliphatic carbocycles. The van der Waals surface area contributed by atoms with E-state index < -0.39 is 0 Å². The monoisotopic (exact) mass is 562 g/mol. The zero-order valence-electron chi connectivity index (χ0n) is 27.1. The van der Waals surface area contributed by atoms with Crippen molar-refractivity contribution in [2.24, 2.45) is 11.3 Å². The summed E-state index contributed by atoms with van der Waals surface area (Å²) >= 11 is 0. The van der Waals surface area contributed by atoms with Crippen molar-refractivity contribution in [2.75, 3.05) is 13.1 Å². The molecular formula is C36H58N4O. The van der Waals surface area contributed by atoms with Gasteiger partial charge in [0, 0.05) is 29.3 Å². The fraction of sp³-hybridized carbons (Fsp3) is 0.667. The van der Waals surface area contributed by atoms with E-state index in [-0.39, 0.29) is 17.4 Å². The predicted molar refractivity (Wildman–Crippen MR) is 173 cm³/mol. The first kappa shape index (κ1) is 33.1. The Kier molecular flexibility index (Phi) is 13.2. The Morgan fingerprint density at radius 3 is 2.27 bits per heavy atom. The number of amides is 1. The van der Waals surface area contributed by atoms with Gasteiger partial charge in [0.1, 0.15) is 0 Å². The van der Waals surface area contributed by atoms with E-state index in [1.54, 1.807) is 0 Å². The van der Waals surface area contributed by atoms with E-state index in [0.29, 0.717) is 0 Å². The second-order valence-electron chi connectivity index (χ2n) is 13.0. The molecule has 1 aromatic heterocycles. The van der Waals surface area contributed by atoms with Crippen LogP contribution in [0.3, 0.4) is 0 Å². The summed E-state index contributed by atoms with van der Waals surface area (Å²) in [5, 5.41) is 8.22. The van der Waals surface area contributed by atoms with Gasteiger partial charge in [-0.05, 0) is 77.6 Å². The molecular weight excluding hydrogens is 504 g/mol. The van der Waals surface area contributed by atoms with Crippen LogP contribution in [0.4, 0.5) is 0 Å². The molecule has 1 N–H and O–H groups in total. The zero-order chi connectivity index (χ0) is 29.8. The lowest BCUT2D eigenvalue weighted by Gasteiger charge is -2.39. The molecule has 0 spiro atoms. The highest BCUT2D eigenvalue weighted by atomic mass is 16.2. The van der Waals surface area contributed by atoms with Gasteiger partial charge in [-0.2, -0.15) is 5.10 Å². The van der Waals surface area contributed by atoms with Crippen LogP contribution < -0.4 is 5.32 Å². The van der Waals surface area contributed by atoms with Gasteiger partial charge >= 0.3 is 0 Å². The number of nitrogens with one attached hydrogen (secondary N) is 1. The van der Waals surface area contributed by atoms with Crippen LogP contribution >= 0.6 is 0 Å². The molecule has 0 bridgehead atoms. The Bertz CT molecular complexity index is 1070. The van der Waals surface area contributed by atoms with Gasteiger partial charge in [-0.25, -0.2) is 4.68 Å². The van der Waals surface area contributed by atoms with Crippen molar-refractivity contribution in [2.45, 2.75) is 131 Å². The number of unbranched alkanes of at least 4 members (excludes halogenated alkanes) is 2. The van der Waals surface area contributed by atoms with E-state index in [0.717, 1.165) is 61.8 Å². The van der Waals surface area contributed by atoms with E-state index in [2.05, 4.69) is 87.3 Å². The molecule has 1 aromatic carbocycles. The molecule has 1 aliphatic heterocycles. The minimum atomic E-state index is -0.312. The summed E-state index contributed by atoms with van der Waals surface area (Å²) in [4.78, 5) is 15.9. The lowest BCUT2D eigenvalue weighted by molar-refractivity contribution is -0.133. The van der Waals surface area contributed by atoms with E-state index in [1.807, 2.05) is 6.07 Å². The third-order valence-corrected chi connectivity index (χ3v) is 9.53. The molecule has 0 radical (unpaired) electrons. The number of benzene rings is 1. The molecule has 1 saturated carbocycles. The first-order chi connectivity index (χ1) is 19.7. The third-order valence-electron chi connectivity index (χ3n) is 9.53. The second-order valence-corrected chi connectivity index (χ2v) is 13.0. The Hall–Kier alpha value is -2.40. The average Bonchev–Trinajstić information content (AvgIpc) is 3.26. The number of aryl methyl sites for hydroxylation is 1. The summed E-state index contributed by atoms with van der Waals surface area (Å²) in [6.07, 6.45) is 14.9. The minimum Gasteiger partial charge on any atom is -0.349 e. The van der Waals surface area contributed by atoms with Gasteiger partial charge in [-0.1, -0.05) is 102 Å². The summed E-state index contributed by atoms with van der Waals surface area (Å²) in [6, 6.07) is 10.4. The summed E-state index contributed by atoms with van der Waals surface area (Å²) in [5.41, 5.74) is 5.46. The summed E-state index contributed by atoms with van der Waals surface area (Å²) in [7, 11) is 0. The van der Waals surface area contributed by atoms with Crippen LogP contribution in [0.25, 0.3) is 5.69 Å². The van der Waals surface area contributed by atoms with Crippen molar-refractivity contribution >= 4 is 5.91 Å². The van der Waals surface area contributed by atoms with Crippen LogP contribution in [0.5, 0.6) is 0 Å². The van der Waals surface area contributed by atoms with Crippen molar-refractivity contribution in [3.05, 3.63) is 59.4 Å². The first-order valence-corrected chi connectivity index (χ1v) is 16.5. The predicted octanol–water partition coefficient (Wildman–Crippen LogP) is 8.71. The van der Waals surface area contributed by atoms with Crippen LogP contribution in [0, 0.1) is 25.2 Å². The van der Waals surface area contributed by atoms with Gasteiger partial charge in [0.2, 0.25) is 5.91 Å². The van der Waals surface area contributed by atoms with Crippen LogP contribution in [-0.2, 0) is 11.3 Å². The normalized spacial score (nSPS) is 18.3. The fourth-order valence-corrected chi connectivity index (χ4v) is 6.39. The molecule has 5 nitrogen and oxygen atoms in total. The quantitative estimate of drug-likeness (QED) is 0.279. The molecule has 2 fully saturated rings. The minimum absolute atomic E-state index is 0.100. The summed E-state index contributed by atoms with van der Waals surface area (Å²) < 4.78 is 2.05. The lowest BCUT2D eigenvalue weighted by atomic mass is 9.78. The maximum atomic E-state index is 13.4. The Morgan fingerprint density at radius 1 is 1.07 bits per heavy atom. The number of rotatable bonds is 11. The van der Waals surface area contributed by atoms with Crippen LogP contribution in [0.2, 0.25) is 0 Å². The van der Waals surface area contributed by atoms with Crippen LogP contribution in [-0.4, -0.2) is 39.7 Å². The summed E-state index contributed by atoms with van der Waals surface area (Å²) in [5.74, 6) is 1.04. The lowest BCUT2D eigenvalue weighted by Crippen LogP contribution is -2.50. The molecule has 4 rings (SSSR count). The molecule has 5 heteroatoms. The highest BCUT2D eigenvalue weighted by molar-refractivity contribution is 5.83. The van der Waals surface area contributed by atoms with Gasteiger partial charge < -0.3 is 5.32 Å². The largest absolute Gasteiger partial charge is 0.349 e. The number of carbonyl (C=O) groups is 1. The number of aromatic nitrogens is 2. The number of hydrogen-bond acceptors (Lipinski definition) is 3. The molecule has 2 aliphatic rings. The Morgan fingerprint density at radius 2 is 1.71 bits per heavy atom. The number of para-hydroxylation sites is 1. The van der Waals surface area contributed by atoms with Gasteiger partial charge in [0.05, 0.1) is 11.4 Å². The number of piperidine rings is 1. The van der Waals surface area contributed by atoms with E-state index in [1.165, 1.54) is 69.0 Å². The van der Waals surface area contributed by atoms with Gasteiger partial charge in [-0.15, -0.1) is 0 Å². The SMILES string of the molecule is C=C(C)C(CCC1CCCCC1)NC(=O)C1(C)CCN(Cc2c(C)nn(-c3ccccc3)c2C)CC1.CCCCC. The van der Waals surface area contributed by atoms with Crippen molar-refractivity contribution in [3.8, 4) is 5.69 Å². The molecule has 41 heavy (non-hydrogen) atoms. The van der Waals surface area contributed by atoms with Crippen molar-refractivity contribution in [3.63, 3.8) is 0 Å². The first-order valence-electron chi connectivity index (χ1n) is 16.5. The molecule has 2 aromatic rings. The number of nitrogens with zero attached hydrogens (tertiary/aromatic N) is 3. The summed E-state index contributed by atoms with van der Waals surface area (Å²) in [6.45, 7) is 19.9. The molecule has 1 saturated heterocycles. The van der Waals surface area contributed by atoms with Crippen LogP contribution in [0.15, 0.2) is 42.5 Å². The van der Waals surface area contributed by atoms with E-state index in [9.17, 15) is 4.79 Å². The smallest absolute Gasteiger partial charge is 0.226 e. The molecule has 1 amide bonds. The zero-order valence-corrected chi connectivity index (χ0v) is 27.1. The Labute approximate surface area is 251 Å².